The van der Waals surface area contributed by atoms with E-state index in [1.807, 2.05) is 0 Å². The normalized spacial score (nSPS) is 12.5. The number of aliphatic hydroxyl groups is 2. The van der Waals surface area contributed by atoms with Crippen molar-refractivity contribution in [3.63, 3.8) is 0 Å². The Morgan fingerprint density at radius 3 is 0.927 bits per heavy atom. The Balaban J connectivity index is 4.13. The van der Waals surface area contributed by atoms with Crippen LogP contribution in [-0.2, 0) is 14.4 Å². The Hall–Kier alpha value is -1.27. The lowest BCUT2D eigenvalue weighted by atomic mass is 9.82. The molecule has 0 rings (SSSR count). The standard InChI is InChI=1S/C35H67NO5/c1-3-5-7-9-11-13-15-17-19-21-23-25-27-29-31(37)35(41,33(39)34(36)40)32(38)30-28-26-24-22-20-18-16-14-12-10-8-6-4-2/h33,39,41H,3-30H2,1-2H3,(H2,36,40). The van der Waals surface area contributed by atoms with Crippen molar-refractivity contribution < 1.29 is 24.6 Å². The summed E-state index contributed by atoms with van der Waals surface area (Å²) in [5, 5.41) is 21.1. The lowest BCUT2D eigenvalue weighted by Gasteiger charge is -2.28. The number of carbonyl (C=O) groups excluding carboxylic acids is 3. The molecule has 0 saturated carbocycles. The van der Waals surface area contributed by atoms with Crippen LogP contribution in [0.3, 0.4) is 0 Å². The Morgan fingerprint density at radius 2 is 0.707 bits per heavy atom. The maximum Gasteiger partial charge on any atom is 0.250 e. The van der Waals surface area contributed by atoms with E-state index >= 15 is 0 Å². The molecule has 0 spiro atoms. The molecule has 1 amide bonds. The molecule has 41 heavy (non-hydrogen) atoms. The van der Waals surface area contributed by atoms with Gasteiger partial charge in [0.25, 0.3) is 0 Å². The predicted octanol–water partition coefficient (Wildman–Crippen LogP) is 8.66. The number of hydrogen-bond donors (Lipinski definition) is 3. The number of carbonyl (C=O) groups is 3. The summed E-state index contributed by atoms with van der Waals surface area (Å²) in [5.41, 5.74) is 2.47. The van der Waals surface area contributed by atoms with Crippen LogP contribution in [0, 0.1) is 0 Å². The number of nitrogens with two attached hydrogens (primary N) is 1. The first-order chi connectivity index (χ1) is 19.8. The number of aliphatic hydroxyl groups excluding tert-OH is 1. The summed E-state index contributed by atoms with van der Waals surface area (Å²) in [7, 11) is 0. The highest BCUT2D eigenvalue weighted by atomic mass is 16.4. The molecule has 6 nitrogen and oxygen atoms in total. The molecule has 0 aromatic carbocycles. The van der Waals surface area contributed by atoms with Crippen LogP contribution in [0.5, 0.6) is 0 Å². The molecule has 0 aromatic heterocycles. The van der Waals surface area contributed by atoms with Gasteiger partial charge in [-0.1, -0.05) is 168 Å². The molecule has 0 radical (unpaired) electrons. The van der Waals surface area contributed by atoms with E-state index in [0.29, 0.717) is 12.8 Å². The number of ketones is 2. The zero-order chi connectivity index (χ0) is 30.6. The molecule has 0 fully saturated rings. The zero-order valence-electron chi connectivity index (χ0n) is 27.1. The number of Topliss-reactive ketones (excluding diaryl/α,β-unsaturated/α-hetero) is 2. The van der Waals surface area contributed by atoms with Crippen molar-refractivity contribution in [3.8, 4) is 0 Å². The molecule has 0 aliphatic carbocycles. The summed E-state index contributed by atoms with van der Waals surface area (Å²) < 4.78 is 0. The van der Waals surface area contributed by atoms with Crippen LogP contribution >= 0.6 is 0 Å². The zero-order valence-corrected chi connectivity index (χ0v) is 27.1. The Labute approximate surface area is 253 Å². The van der Waals surface area contributed by atoms with Crippen LogP contribution < -0.4 is 5.73 Å². The second kappa shape index (κ2) is 27.6. The fourth-order valence-electron chi connectivity index (χ4n) is 5.65. The van der Waals surface area contributed by atoms with Gasteiger partial charge in [0.15, 0.2) is 17.7 Å². The fraction of sp³-hybridized carbons (Fsp3) is 0.914. The summed E-state index contributed by atoms with van der Waals surface area (Å²) in [5.74, 6) is -2.82. The summed E-state index contributed by atoms with van der Waals surface area (Å²) in [6, 6.07) is 0. The summed E-state index contributed by atoms with van der Waals surface area (Å²) in [4.78, 5) is 37.3. The van der Waals surface area contributed by atoms with E-state index in [2.05, 4.69) is 13.8 Å². The first kappa shape index (κ1) is 39.7. The van der Waals surface area contributed by atoms with Gasteiger partial charge in [-0.15, -0.1) is 0 Å². The molecule has 1 unspecified atom stereocenters. The SMILES string of the molecule is CCCCCCCCCCCCCCCC(=O)C(O)(C(=O)CCCCCCCCCCCCCCC)C(O)C(N)=O. The molecule has 6 heteroatoms. The van der Waals surface area contributed by atoms with Crippen LogP contribution in [0.2, 0.25) is 0 Å². The van der Waals surface area contributed by atoms with Crippen molar-refractivity contribution in [2.45, 2.75) is 205 Å². The predicted molar refractivity (Wildman–Crippen MR) is 171 cm³/mol. The second-order valence-electron chi connectivity index (χ2n) is 12.4. The third-order valence-electron chi connectivity index (χ3n) is 8.53. The lowest BCUT2D eigenvalue weighted by Crippen LogP contribution is -2.60. The monoisotopic (exact) mass is 582 g/mol. The number of unbranched alkanes of at least 4 members (excludes halogenated alkanes) is 24. The van der Waals surface area contributed by atoms with Crippen molar-refractivity contribution >= 4 is 17.5 Å². The highest BCUT2D eigenvalue weighted by Gasteiger charge is 2.51. The van der Waals surface area contributed by atoms with E-state index in [-0.39, 0.29) is 12.8 Å². The van der Waals surface area contributed by atoms with Crippen molar-refractivity contribution in [1.29, 1.82) is 0 Å². The third kappa shape index (κ3) is 20.3. The van der Waals surface area contributed by atoms with Gasteiger partial charge in [0, 0.05) is 12.8 Å². The molecule has 0 aliphatic rings. The van der Waals surface area contributed by atoms with E-state index in [4.69, 9.17) is 5.73 Å². The molecule has 0 heterocycles. The fourth-order valence-corrected chi connectivity index (χ4v) is 5.65. The van der Waals surface area contributed by atoms with Gasteiger partial charge in [-0.3, -0.25) is 14.4 Å². The number of rotatable bonds is 32. The average Bonchev–Trinajstić information content (AvgIpc) is 2.96. The molecule has 0 aromatic rings. The molecule has 0 saturated heterocycles. The lowest BCUT2D eigenvalue weighted by molar-refractivity contribution is -0.168. The van der Waals surface area contributed by atoms with Crippen LogP contribution in [0.15, 0.2) is 0 Å². The van der Waals surface area contributed by atoms with E-state index in [9.17, 15) is 24.6 Å². The van der Waals surface area contributed by atoms with E-state index in [0.717, 1.165) is 38.5 Å². The van der Waals surface area contributed by atoms with Crippen molar-refractivity contribution in [2.75, 3.05) is 0 Å². The third-order valence-corrected chi connectivity index (χ3v) is 8.53. The number of amides is 1. The van der Waals surface area contributed by atoms with E-state index < -0.39 is 29.2 Å². The van der Waals surface area contributed by atoms with Crippen molar-refractivity contribution in [2.24, 2.45) is 5.73 Å². The minimum atomic E-state index is -2.72. The second-order valence-corrected chi connectivity index (χ2v) is 12.4. The van der Waals surface area contributed by atoms with Gasteiger partial charge in [-0.05, 0) is 12.8 Å². The Bertz CT molecular complexity index is 608. The summed E-state index contributed by atoms with van der Waals surface area (Å²) in [6.45, 7) is 4.48. The summed E-state index contributed by atoms with van der Waals surface area (Å²) >= 11 is 0. The van der Waals surface area contributed by atoms with Crippen LogP contribution in [0.25, 0.3) is 0 Å². The number of primary amides is 1. The molecule has 1 atom stereocenters. The maximum absolute atomic E-state index is 12.8. The molecule has 242 valence electrons. The highest BCUT2D eigenvalue weighted by Crippen LogP contribution is 2.22. The van der Waals surface area contributed by atoms with Gasteiger partial charge in [-0.2, -0.15) is 0 Å². The van der Waals surface area contributed by atoms with Crippen LogP contribution in [0.4, 0.5) is 0 Å². The van der Waals surface area contributed by atoms with Crippen LogP contribution in [0.1, 0.15) is 194 Å². The number of hydrogen-bond acceptors (Lipinski definition) is 5. The maximum atomic E-state index is 12.8. The van der Waals surface area contributed by atoms with Gasteiger partial charge in [0.05, 0.1) is 0 Å². The Kier molecular flexibility index (Phi) is 26.7. The van der Waals surface area contributed by atoms with Gasteiger partial charge in [-0.25, -0.2) is 0 Å². The van der Waals surface area contributed by atoms with Gasteiger partial charge in [0.2, 0.25) is 11.5 Å². The minimum absolute atomic E-state index is 0.0387. The molecular weight excluding hydrogens is 514 g/mol. The largest absolute Gasteiger partial charge is 0.379 e. The molecular formula is C35H67NO5. The summed E-state index contributed by atoms with van der Waals surface area (Å²) in [6.07, 6.45) is 28.0. The van der Waals surface area contributed by atoms with Gasteiger partial charge >= 0.3 is 0 Å². The highest BCUT2D eigenvalue weighted by molar-refractivity contribution is 6.14. The van der Waals surface area contributed by atoms with E-state index in [1.54, 1.807) is 0 Å². The Morgan fingerprint density at radius 1 is 0.488 bits per heavy atom. The molecule has 0 bridgehead atoms. The van der Waals surface area contributed by atoms with Crippen molar-refractivity contribution in [3.05, 3.63) is 0 Å². The van der Waals surface area contributed by atoms with Gasteiger partial charge < -0.3 is 15.9 Å². The van der Waals surface area contributed by atoms with Crippen molar-refractivity contribution in [1.82, 2.24) is 0 Å². The van der Waals surface area contributed by atoms with E-state index in [1.165, 1.54) is 116 Å². The minimum Gasteiger partial charge on any atom is -0.379 e. The first-order valence-corrected chi connectivity index (χ1v) is 17.6. The topological polar surface area (TPSA) is 118 Å². The molecule has 0 aliphatic heterocycles. The quantitative estimate of drug-likeness (QED) is 0.0542. The smallest absolute Gasteiger partial charge is 0.250 e. The van der Waals surface area contributed by atoms with Gasteiger partial charge in [0.1, 0.15) is 0 Å². The average molecular weight is 582 g/mol. The first-order valence-electron chi connectivity index (χ1n) is 17.6. The van der Waals surface area contributed by atoms with Crippen LogP contribution in [-0.4, -0.2) is 39.4 Å². The molecule has 4 N–H and O–H groups in total.